The number of likely N-dealkylation sites (tertiary alicyclic amines) is 2. The first-order valence-electron chi connectivity index (χ1n) is 15.4. The summed E-state index contributed by atoms with van der Waals surface area (Å²) >= 11 is 0. The second-order valence-electron chi connectivity index (χ2n) is 12.3. The topological polar surface area (TPSA) is 40.7 Å². The third-order valence-electron chi connectivity index (χ3n) is 10.1. The van der Waals surface area contributed by atoms with Crippen molar-refractivity contribution < 1.29 is 9.47 Å². The van der Waals surface area contributed by atoms with Crippen LogP contribution in [0.3, 0.4) is 0 Å². The van der Waals surface area contributed by atoms with Gasteiger partial charge in [-0.05, 0) is 125 Å². The molecule has 3 aromatic rings. The normalized spacial score (nSPS) is 21.0. The quantitative estimate of drug-likeness (QED) is 0.347. The van der Waals surface area contributed by atoms with Crippen LogP contribution in [0.1, 0.15) is 74.8 Å². The van der Waals surface area contributed by atoms with Crippen molar-refractivity contribution in [3.63, 3.8) is 0 Å². The van der Waals surface area contributed by atoms with E-state index in [0.29, 0.717) is 5.92 Å². The molecule has 2 aliphatic heterocycles. The molecule has 1 N–H and O–H groups in total. The molecule has 0 spiro atoms. The first-order valence-corrected chi connectivity index (χ1v) is 15.4. The van der Waals surface area contributed by atoms with Gasteiger partial charge in [0.25, 0.3) is 0 Å². The molecule has 3 fully saturated rings. The second-order valence-corrected chi connectivity index (χ2v) is 12.3. The van der Waals surface area contributed by atoms with Crippen LogP contribution < -0.4 is 9.47 Å². The Morgan fingerprint density at radius 3 is 2.26 bits per heavy atom. The molecule has 0 amide bonds. The van der Waals surface area contributed by atoms with Gasteiger partial charge in [-0.25, -0.2) is 0 Å². The average Bonchev–Trinajstić information content (AvgIpc) is 3.33. The van der Waals surface area contributed by atoms with Crippen molar-refractivity contribution in [2.24, 2.45) is 5.92 Å². The summed E-state index contributed by atoms with van der Waals surface area (Å²) in [6.07, 6.45) is 12.6. The molecule has 1 saturated carbocycles. The average molecular weight is 530 g/mol. The number of benzene rings is 2. The lowest BCUT2D eigenvalue weighted by Gasteiger charge is -2.42. The van der Waals surface area contributed by atoms with Crippen LogP contribution in [0.2, 0.25) is 0 Å². The minimum Gasteiger partial charge on any atom is -0.493 e. The van der Waals surface area contributed by atoms with Crippen LogP contribution >= 0.6 is 0 Å². The van der Waals surface area contributed by atoms with Crippen molar-refractivity contribution in [2.45, 2.75) is 76.7 Å². The molecule has 2 aromatic carbocycles. The highest BCUT2D eigenvalue weighted by molar-refractivity contribution is 5.91. The summed E-state index contributed by atoms with van der Waals surface area (Å²) in [6, 6.07) is 14.1. The van der Waals surface area contributed by atoms with E-state index >= 15 is 0 Å². The van der Waals surface area contributed by atoms with Crippen molar-refractivity contribution >= 4 is 10.9 Å². The number of nitrogens with zero attached hydrogens (tertiary/aromatic N) is 2. The molecule has 0 atom stereocenters. The molecule has 1 aromatic heterocycles. The van der Waals surface area contributed by atoms with Gasteiger partial charge >= 0.3 is 0 Å². The Hall–Kier alpha value is -2.50. The monoisotopic (exact) mass is 529 g/mol. The summed E-state index contributed by atoms with van der Waals surface area (Å²) in [5.41, 5.74) is 6.30. The van der Waals surface area contributed by atoms with Crippen LogP contribution in [-0.4, -0.2) is 67.8 Å². The predicted molar refractivity (Wildman–Crippen MR) is 161 cm³/mol. The van der Waals surface area contributed by atoms with E-state index in [1.54, 1.807) is 14.2 Å². The molecule has 2 saturated heterocycles. The molecule has 1 aliphatic carbocycles. The van der Waals surface area contributed by atoms with Crippen LogP contribution in [0.15, 0.2) is 36.4 Å². The van der Waals surface area contributed by atoms with Gasteiger partial charge < -0.3 is 24.3 Å². The Balaban J connectivity index is 1.07. The number of hydrogen-bond donors (Lipinski definition) is 1. The number of aryl methyl sites for hydroxylation is 1. The van der Waals surface area contributed by atoms with Crippen LogP contribution in [-0.2, 0) is 0 Å². The van der Waals surface area contributed by atoms with E-state index in [9.17, 15) is 0 Å². The largest absolute Gasteiger partial charge is 0.493 e. The zero-order chi connectivity index (χ0) is 26.8. The number of piperidine rings is 2. The lowest BCUT2D eigenvalue weighted by Crippen LogP contribution is -2.48. The first kappa shape index (κ1) is 26.7. The second kappa shape index (κ2) is 11.9. The van der Waals surface area contributed by atoms with Crippen LogP contribution in [0, 0.1) is 12.8 Å². The Morgan fingerprint density at radius 2 is 1.54 bits per heavy atom. The highest BCUT2D eigenvalue weighted by Crippen LogP contribution is 2.38. The van der Waals surface area contributed by atoms with Crippen molar-refractivity contribution in [1.82, 2.24) is 14.8 Å². The van der Waals surface area contributed by atoms with Crippen molar-refractivity contribution in [3.8, 4) is 22.8 Å². The van der Waals surface area contributed by atoms with Gasteiger partial charge in [0, 0.05) is 34.7 Å². The number of fused-ring (bicyclic) bond motifs is 1. The summed E-state index contributed by atoms with van der Waals surface area (Å²) in [6.45, 7) is 8.72. The minimum atomic E-state index is 0.663. The SMILES string of the molecule is COc1ccc(-c2[nH]c3ccc(C4CCN(C5CCN(CC6CCCCC6)CC5)CC4)cc3c2C)cc1OC. The molecule has 210 valence electrons. The molecule has 3 heterocycles. The van der Waals surface area contributed by atoms with E-state index in [0.717, 1.165) is 34.7 Å². The van der Waals surface area contributed by atoms with Crippen LogP contribution in [0.5, 0.6) is 11.5 Å². The predicted octanol–water partition coefficient (Wildman–Crippen LogP) is 7.38. The Morgan fingerprint density at radius 1 is 0.795 bits per heavy atom. The Labute approximate surface area is 234 Å². The molecule has 0 bridgehead atoms. The van der Waals surface area contributed by atoms with E-state index in [1.807, 2.05) is 6.07 Å². The van der Waals surface area contributed by atoms with Gasteiger partial charge in [-0.3, -0.25) is 0 Å². The molecular weight excluding hydrogens is 482 g/mol. The van der Waals surface area contributed by atoms with Gasteiger partial charge in [-0.2, -0.15) is 0 Å². The molecule has 0 radical (unpaired) electrons. The summed E-state index contributed by atoms with van der Waals surface area (Å²) < 4.78 is 11.0. The highest BCUT2D eigenvalue weighted by Gasteiger charge is 2.30. The van der Waals surface area contributed by atoms with E-state index < -0.39 is 0 Å². The number of methoxy groups -OCH3 is 2. The summed E-state index contributed by atoms with van der Waals surface area (Å²) in [5, 5.41) is 1.34. The molecule has 5 nitrogen and oxygen atoms in total. The molecule has 0 unspecified atom stereocenters. The molecule has 3 aliphatic rings. The number of hydrogen-bond acceptors (Lipinski definition) is 4. The van der Waals surface area contributed by atoms with Crippen molar-refractivity contribution in [3.05, 3.63) is 47.5 Å². The van der Waals surface area contributed by atoms with Gasteiger partial charge in [0.2, 0.25) is 0 Å². The zero-order valence-electron chi connectivity index (χ0n) is 24.3. The highest BCUT2D eigenvalue weighted by atomic mass is 16.5. The molecule has 6 rings (SSSR count). The standard InChI is InChI=1S/C34H47N3O2/c1-24-30-21-27(9-11-31(30)35-34(24)28-10-12-32(38-2)33(22-28)39-3)26-13-19-37(20-14-26)29-15-17-36(18-16-29)23-25-7-5-4-6-8-25/h9-12,21-22,25-26,29,35H,4-8,13-20,23H2,1-3H3. The smallest absolute Gasteiger partial charge is 0.161 e. The van der Waals surface area contributed by atoms with Gasteiger partial charge in [-0.1, -0.05) is 25.3 Å². The minimum absolute atomic E-state index is 0.663. The van der Waals surface area contributed by atoms with E-state index in [4.69, 9.17) is 9.47 Å². The lowest BCUT2D eigenvalue weighted by molar-refractivity contribution is 0.0773. The van der Waals surface area contributed by atoms with E-state index in [1.165, 1.54) is 113 Å². The summed E-state index contributed by atoms with van der Waals surface area (Å²) in [5.74, 6) is 3.15. The van der Waals surface area contributed by atoms with Crippen molar-refractivity contribution in [2.75, 3.05) is 46.9 Å². The maximum Gasteiger partial charge on any atom is 0.161 e. The number of aromatic amines is 1. The number of nitrogens with one attached hydrogen (secondary N) is 1. The molecule has 5 heteroatoms. The third kappa shape index (κ3) is 5.71. The fourth-order valence-electron chi connectivity index (χ4n) is 7.68. The van der Waals surface area contributed by atoms with Gasteiger partial charge in [-0.15, -0.1) is 0 Å². The van der Waals surface area contributed by atoms with Crippen LogP contribution in [0.4, 0.5) is 0 Å². The number of rotatable bonds is 7. The maximum atomic E-state index is 5.55. The van der Waals surface area contributed by atoms with Gasteiger partial charge in [0.15, 0.2) is 11.5 Å². The number of H-pyrrole nitrogens is 1. The number of aromatic nitrogens is 1. The van der Waals surface area contributed by atoms with E-state index in [-0.39, 0.29) is 0 Å². The number of ether oxygens (including phenoxy) is 2. The molecule has 39 heavy (non-hydrogen) atoms. The molecular formula is C34H47N3O2. The lowest BCUT2D eigenvalue weighted by atomic mass is 9.86. The van der Waals surface area contributed by atoms with Gasteiger partial charge in [0.1, 0.15) is 0 Å². The third-order valence-corrected chi connectivity index (χ3v) is 10.1. The zero-order valence-corrected chi connectivity index (χ0v) is 24.3. The van der Waals surface area contributed by atoms with Crippen molar-refractivity contribution in [1.29, 1.82) is 0 Å². The first-order chi connectivity index (χ1) is 19.1. The fourth-order valence-corrected chi connectivity index (χ4v) is 7.68. The summed E-state index contributed by atoms with van der Waals surface area (Å²) in [7, 11) is 3.37. The maximum absolute atomic E-state index is 5.55. The summed E-state index contributed by atoms with van der Waals surface area (Å²) in [4.78, 5) is 9.27. The fraction of sp³-hybridized carbons (Fsp3) is 0.588. The Kier molecular flexibility index (Phi) is 8.17. The van der Waals surface area contributed by atoms with E-state index in [2.05, 4.69) is 52.0 Å². The van der Waals surface area contributed by atoms with Gasteiger partial charge in [0.05, 0.1) is 14.2 Å². The van der Waals surface area contributed by atoms with Crippen LogP contribution in [0.25, 0.3) is 22.2 Å². The Bertz CT molecular complexity index is 1240.